The molecule has 0 bridgehead atoms. The standard InChI is InChI=1S/C30H55N7O12.C28H53N7O13.C28H52N6O14/c1-29(44)10-46-26(22(43)25(29)35-2)48-23-12(6-17(38)30(45)7-16(30)37-28(33)34)5-14(32)24(21(23)42)49-27-20(41)19(40)18(39)15(47-27)9-36-8-11-3-13(31)4-11;1-27(43)9-45-24(20(42)23(27)33-2)47-21-10(4-15(37)28(44)5-14(28)35-26(31)32)3-12(30)22(19(21)41)48-25-18(40)17(39)16(38)13(46-25)7-34-6-11(29)8-36;1-27(43)9-45-24(20(42)23(27)32-2)47-21-10(4-15(37)28(44)5-14(28)34-26(30)31)3-12(29)22(19(21)41)48-25-18(40)17(39)16(38)13(46-25)7-33-6-11(36)8-35/h11-16,18-27,35-36,39-45H,3-10,31-32H2,1-2H3,(H4,33,34,37);10-14,16-25,33-34,36,38-44H,3-9,29-30H2,1-2H3,(H4,31,32,35);10-14,16-25,32-33,35-36,38-44H,3-9,29H2,1-2H3,(H4,30,31,34)/t11?,12-,13?,14-,15+,16?,18+,19-,20+,21+,22+,23-,24?,25+,26+,27+,29-,30?;2*10-,11?,12-,13+,14?,16+,17-,18+,19+,20+,21-,22?,23+,24+,25+,27-,28?/m000/s1. The molecular formula is C86H160N20O39. The molecule has 145 heavy (non-hydrogen) atoms. The van der Waals surface area contributed by atoms with Crippen molar-refractivity contribution in [2.45, 2.75) is 382 Å². The first-order valence-corrected chi connectivity index (χ1v) is 48.8. The molecule has 838 valence electrons. The molecule has 11 unspecified atom stereocenters. The van der Waals surface area contributed by atoms with Crippen molar-refractivity contribution in [2.24, 2.45) is 102 Å². The lowest BCUT2D eigenvalue weighted by atomic mass is 9.76. The molecule has 0 amide bonds. The quantitative estimate of drug-likeness (QED) is 0.0200. The van der Waals surface area contributed by atoms with E-state index >= 15 is 0 Å². The number of hydrogen-bond donors (Lipinski definition) is 41. The van der Waals surface area contributed by atoms with Crippen molar-refractivity contribution in [2.75, 3.05) is 93.4 Å². The van der Waals surface area contributed by atoms with Crippen molar-refractivity contribution in [3.8, 4) is 0 Å². The summed E-state index contributed by atoms with van der Waals surface area (Å²) in [7, 11) is 4.59. The number of rotatable bonds is 41. The second kappa shape index (κ2) is 50.0. The summed E-state index contributed by atoms with van der Waals surface area (Å²) in [6, 6.07) is -8.68. The van der Waals surface area contributed by atoms with E-state index in [0.717, 1.165) is 12.8 Å². The first-order chi connectivity index (χ1) is 67.8. The predicted octanol–water partition coefficient (Wildman–Crippen LogP) is -22.6. The summed E-state index contributed by atoms with van der Waals surface area (Å²) >= 11 is 0. The molecule has 6 saturated heterocycles. The van der Waals surface area contributed by atoms with E-state index in [-0.39, 0.29) is 141 Å². The van der Waals surface area contributed by atoms with Crippen molar-refractivity contribution in [3.05, 3.63) is 0 Å². The Morgan fingerprint density at radius 2 is 0.641 bits per heavy atom. The van der Waals surface area contributed by atoms with Gasteiger partial charge in [-0.05, 0) is 104 Å². The summed E-state index contributed by atoms with van der Waals surface area (Å²) in [4.78, 5) is 51.6. The second-order valence-corrected chi connectivity index (χ2v) is 41.8. The van der Waals surface area contributed by atoms with Crippen LogP contribution >= 0.6 is 0 Å². The summed E-state index contributed by atoms with van der Waals surface area (Å²) in [6.07, 6.45) is -44.9. The lowest BCUT2D eigenvalue weighted by Crippen LogP contribution is -2.67. The maximum Gasteiger partial charge on any atom is 0.187 e. The first-order valence-electron chi connectivity index (χ1n) is 48.8. The van der Waals surface area contributed by atoms with Gasteiger partial charge in [0.1, 0.15) is 162 Å². The fourth-order valence-electron chi connectivity index (χ4n) is 21.1. The molecule has 50 atom stereocenters. The van der Waals surface area contributed by atoms with Crippen LogP contribution in [0.25, 0.3) is 0 Å². The number of Topliss-reactive ketones (excluding diaryl/α,β-unsaturated/α-hetero) is 3. The molecule has 0 aromatic carbocycles. The maximum atomic E-state index is 13.3. The van der Waals surface area contributed by atoms with E-state index in [2.05, 4.69) is 46.9 Å². The van der Waals surface area contributed by atoms with Crippen LogP contribution in [0.5, 0.6) is 0 Å². The minimum absolute atomic E-state index is 0.000332. The summed E-state index contributed by atoms with van der Waals surface area (Å²) in [5, 5.41) is 274. The van der Waals surface area contributed by atoms with Crippen molar-refractivity contribution in [1.82, 2.24) is 31.9 Å². The smallest absolute Gasteiger partial charge is 0.187 e. The molecule has 13 aliphatic rings. The van der Waals surface area contributed by atoms with Crippen LogP contribution in [0.4, 0.5) is 0 Å². The van der Waals surface area contributed by atoms with E-state index in [9.17, 15) is 127 Å². The van der Waals surface area contributed by atoms with Gasteiger partial charge in [0.05, 0.1) is 93.7 Å². The highest BCUT2D eigenvalue weighted by molar-refractivity contribution is 5.94. The molecule has 0 spiro atoms. The Morgan fingerprint density at radius 1 is 0.366 bits per heavy atom. The number of aliphatic imine (C=N–C) groups is 3. The van der Waals surface area contributed by atoms with Crippen LogP contribution in [0, 0.1) is 23.7 Å². The van der Waals surface area contributed by atoms with Crippen molar-refractivity contribution in [3.63, 3.8) is 0 Å². The highest BCUT2D eigenvalue weighted by Crippen LogP contribution is 2.49. The number of ketones is 3. The average molecular weight is 2100 g/mol. The van der Waals surface area contributed by atoms with Crippen LogP contribution in [-0.2, 0) is 71.2 Å². The van der Waals surface area contributed by atoms with Crippen LogP contribution in [0.1, 0.15) is 91.4 Å². The van der Waals surface area contributed by atoms with Crippen LogP contribution in [-0.4, -0.2) is 542 Å². The van der Waals surface area contributed by atoms with Gasteiger partial charge < -0.3 is 274 Å². The Bertz CT molecular complexity index is 4060. The monoisotopic (exact) mass is 2100 g/mol. The molecule has 13 fully saturated rings. The maximum absolute atomic E-state index is 13.3. The van der Waals surface area contributed by atoms with Gasteiger partial charge in [0.15, 0.2) is 73.0 Å². The van der Waals surface area contributed by atoms with Crippen LogP contribution in [0.3, 0.4) is 0 Å². The average Bonchev–Trinajstić information content (AvgIpc) is 1.51. The van der Waals surface area contributed by atoms with Gasteiger partial charge in [0, 0.05) is 101 Å². The molecule has 6 heterocycles. The van der Waals surface area contributed by atoms with Crippen molar-refractivity contribution in [1.29, 1.82) is 0 Å². The fraction of sp³-hybridized carbons (Fsp3) is 0.930. The zero-order valence-electron chi connectivity index (χ0n) is 81.7. The Hall–Kier alpha value is -5.06. The van der Waals surface area contributed by atoms with E-state index < -0.39 is 326 Å². The molecule has 13 rings (SSSR count). The Kier molecular flexibility index (Phi) is 41.4. The Labute approximate surface area is 834 Å². The van der Waals surface area contributed by atoms with Gasteiger partial charge >= 0.3 is 0 Å². The highest BCUT2D eigenvalue weighted by Gasteiger charge is 2.66. The number of likely N-dealkylation sites (N-methyl/N-ethyl adjacent to an activating group) is 3. The van der Waals surface area contributed by atoms with E-state index in [0.29, 0.717) is 12.5 Å². The van der Waals surface area contributed by atoms with Crippen molar-refractivity contribution >= 4 is 35.2 Å². The fourth-order valence-corrected chi connectivity index (χ4v) is 21.1. The number of carbonyl (C=O) groups is 3. The number of nitrogens with two attached hydrogens (primary N) is 11. The molecule has 0 aromatic rings. The van der Waals surface area contributed by atoms with Crippen LogP contribution < -0.4 is 95.0 Å². The number of nitrogens with zero attached hydrogens (tertiary/aromatic N) is 3. The normalized spacial score (nSPS) is 47.9. The number of ether oxygens (including phenoxy) is 12. The molecule has 7 aliphatic carbocycles. The van der Waals surface area contributed by atoms with Gasteiger partial charge in [-0.3, -0.25) is 14.4 Å². The Balaban J connectivity index is 0.000000207. The number of aliphatic hydroxyl groups excluding tert-OH is 18. The minimum Gasteiger partial charge on any atom is -0.395 e. The molecule has 0 radical (unpaired) electrons. The molecule has 7 saturated carbocycles. The number of guanidine groups is 3. The van der Waals surface area contributed by atoms with Gasteiger partial charge in [0.2, 0.25) is 0 Å². The number of aliphatic hydroxyl groups is 24. The molecule has 59 heteroatoms. The van der Waals surface area contributed by atoms with E-state index in [1.807, 2.05) is 0 Å². The molecule has 0 aromatic heterocycles. The molecular weight excluding hydrogens is 1940 g/mol. The lowest BCUT2D eigenvalue weighted by Gasteiger charge is -2.49. The second-order valence-electron chi connectivity index (χ2n) is 41.8. The SMILES string of the molecule is CN[C@@H]1[C@@H](O)[C@@H](O[C@H]2[C@H](CC(=O)C3(O)CC3N=C(N)N)C[C@H](N)C(O[C@H]3O[C@H](CNCC(N)CO)[C@@H](O)[C@H](O)[C@H]3O)[C@@H]2O)OC[C@]1(C)O.CN[C@@H]1[C@@H](O)[C@@H](O[C@H]2[C@H](CC(=O)C3(O)CC3N=C(N)N)C[C@H](N)C(O[C@H]3O[C@H](CNCC(O)CO)[C@@H](O)[C@H](O)[C@H]3O)[C@@H]2O)OC[C@]1(C)O.CN[C@@H]1[C@@H](O)[C@@H](O[C@H]2[C@H](CC(=O)C3(O)CC3N=C(N)N)C[C@H](N)C(O[C@H]3O[C@H](CNCC4CC(N)C4)[C@@H](O)[C@H](O)[C@H]3O)[C@@H]2O)OC[C@]1(C)O. The van der Waals surface area contributed by atoms with Gasteiger partial charge in [0.25, 0.3) is 0 Å². The molecule has 59 nitrogen and oxygen atoms in total. The summed E-state index contributed by atoms with van der Waals surface area (Å²) < 4.78 is 70.6. The number of hydrogen-bond acceptors (Lipinski definition) is 53. The van der Waals surface area contributed by atoms with Gasteiger partial charge in [-0.1, -0.05) is 0 Å². The largest absolute Gasteiger partial charge is 0.395 e. The minimum atomic E-state index is -1.85. The van der Waals surface area contributed by atoms with E-state index in [1.54, 1.807) is 7.05 Å². The summed E-state index contributed by atoms with van der Waals surface area (Å²) in [5.74, 6) is -4.96. The van der Waals surface area contributed by atoms with Crippen molar-refractivity contribution < 1.29 is 194 Å². The zero-order valence-corrected chi connectivity index (χ0v) is 81.7. The van der Waals surface area contributed by atoms with Gasteiger partial charge in [-0.15, -0.1) is 0 Å². The topological polar surface area (TPSA) is 1040 Å². The van der Waals surface area contributed by atoms with E-state index in [4.69, 9.17) is 130 Å². The summed E-state index contributed by atoms with van der Waals surface area (Å²) in [6.45, 7) is 3.46. The third-order valence-electron chi connectivity index (χ3n) is 29.9. The van der Waals surface area contributed by atoms with Gasteiger partial charge in [-0.25, -0.2) is 15.0 Å². The predicted molar refractivity (Wildman–Crippen MR) is 497 cm³/mol. The van der Waals surface area contributed by atoms with Crippen LogP contribution in [0.2, 0.25) is 0 Å². The third kappa shape index (κ3) is 28.2. The molecule has 6 aliphatic heterocycles. The molecule has 52 N–H and O–H groups in total. The Morgan fingerprint density at radius 3 is 0.903 bits per heavy atom. The zero-order chi connectivity index (χ0) is 107. The van der Waals surface area contributed by atoms with Gasteiger partial charge in [-0.2, -0.15) is 0 Å². The number of carbonyl (C=O) groups excluding carboxylic acids is 3. The van der Waals surface area contributed by atoms with E-state index in [1.165, 1.54) is 34.9 Å². The summed E-state index contributed by atoms with van der Waals surface area (Å²) in [5.41, 5.74) is 53.5. The first kappa shape index (κ1) is 120. The lowest BCUT2D eigenvalue weighted by molar-refractivity contribution is -0.333. The third-order valence-corrected chi connectivity index (χ3v) is 29.9. The highest BCUT2D eigenvalue weighted by atomic mass is 16.8. The van der Waals surface area contributed by atoms with Crippen LogP contribution in [0.15, 0.2) is 15.0 Å². The number of nitrogens with one attached hydrogen (secondary N) is 6.